The molecule has 106 valence electrons. The number of fused-ring (bicyclic) bond motifs is 1. The lowest BCUT2D eigenvalue weighted by atomic mass is 10.1. The number of aromatic nitrogens is 2. The first-order valence-electron chi connectivity index (χ1n) is 6.74. The van der Waals surface area contributed by atoms with Crippen molar-refractivity contribution in [3.8, 4) is 5.75 Å². The quantitative estimate of drug-likeness (QED) is 0.845. The molecule has 0 saturated heterocycles. The fourth-order valence-electron chi connectivity index (χ4n) is 2.51. The highest BCUT2D eigenvalue weighted by Crippen LogP contribution is 2.25. The van der Waals surface area contributed by atoms with Crippen LogP contribution in [0.2, 0.25) is 0 Å². The van der Waals surface area contributed by atoms with Gasteiger partial charge in [-0.3, -0.25) is 4.90 Å². The zero-order valence-electron chi connectivity index (χ0n) is 11.8. The van der Waals surface area contributed by atoms with Gasteiger partial charge in [0.15, 0.2) is 4.73 Å². The molecule has 1 aromatic heterocycles. The summed E-state index contributed by atoms with van der Waals surface area (Å²) in [6.45, 7) is 5.57. The Morgan fingerprint density at radius 3 is 3.00 bits per heavy atom. The second kappa shape index (κ2) is 5.58. The molecule has 0 saturated carbocycles. The maximum atomic E-state index is 5.83. The summed E-state index contributed by atoms with van der Waals surface area (Å²) in [5, 5.41) is 0. The molecule has 2 heterocycles. The van der Waals surface area contributed by atoms with Gasteiger partial charge in [0, 0.05) is 32.2 Å². The van der Waals surface area contributed by atoms with E-state index in [0.29, 0.717) is 0 Å². The van der Waals surface area contributed by atoms with Crippen LogP contribution >= 0.6 is 15.9 Å². The van der Waals surface area contributed by atoms with Gasteiger partial charge in [-0.2, -0.15) is 0 Å². The molecular weight excluding hydrogens is 318 g/mol. The third-order valence-corrected chi connectivity index (χ3v) is 4.43. The third kappa shape index (κ3) is 2.74. The lowest BCUT2D eigenvalue weighted by molar-refractivity contribution is 0.216. The molecule has 5 heteroatoms. The predicted molar refractivity (Wildman–Crippen MR) is 81.7 cm³/mol. The largest absolute Gasteiger partial charge is 0.492 e. The van der Waals surface area contributed by atoms with Crippen molar-refractivity contribution in [1.82, 2.24) is 14.5 Å². The number of aryl methyl sites for hydroxylation is 1. The van der Waals surface area contributed by atoms with E-state index in [-0.39, 0.29) is 0 Å². The minimum atomic E-state index is 0.731. The number of ether oxygens (including phenoxy) is 1. The average Bonchev–Trinajstić information content (AvgIpc) is 2.64. The fraction of sp³-hybridized carbons (Fsp3) is 0.400. The normalized spacial score (nSPS) is 15.6. The van der Waals surface area contributed by atoms with Crippen LogP contribution in [0.5, 0.6) is 5.75 Å². The maximum Gasteiger partial charge on any atom is 0.177 e. The molecule has 2 aromatic rings. The van der Waals surface area contributed by atoms with Crippen molar-refractivity contribution in [2.75, 3.05) is 13.2 Å². The Bertz CT molecular complexity index is 624. The lowest BCUT2D eigenvalue weighted by Crippen LogP contribution is -2.26. The second-order valence-corrected chi connectivity index (χ2v) is 5.96. The minimum absolute atomic E-state index is 0.731. The molecule has 0 spiro atoms. The number of halogens is 1. The van der Waals surface area contributed by atoms with Crippen LogP contribution in [0, 0.1) is 6.92 Å². The van der Waals surface area contributed by atoms with E-state index in [1.165, 1.54) is 16.8 Å². The molecule has 1 aliphatic rings. The topological polar surface area (TPSA) is 30.3 Å². The Morgan fingerprint density at radius 1 is 1.40 bits per heavy atom. The molecule has 0 N–H and O–H groups in total. The van der Waals surface area contributed by atoms with Crippen LogP contribution in [0.25, 0.3) is 0 Å². The number of nitrogens with zero attached hydrogens (tertiary/aromatic N) is 3. The minimum Gasteiger partial charge on any atom is -0.492 e. The summed E-state index contributed by atoms with van der Waals surface area (Å²) in [4.78, 5) is 6.68. The molecule has 0 bridgehead atoms. The zero-order valence-corrected chi connectivity index (χ0v) is 13.4. The third-order valence-electron chi connectivity index (χ3n) is 3.69. The first kappa shape index (κ1) is 13.6. The van der Waals surface area contributed by atoms with E-state index in [1.807, 2.05) is 13.2 Å². The Kier molecular flexibility index (Phi) is 3.81. The van der Waals surface area contributed by atoms with Crippen molar-refractivity contribution < 1.29 is 4.74 Å². The Morgan fingerprint density at radius 2 is 2.25 bits per heavy atom. The number of imidazole rings is 1. The highest BCUT2D eigenvalue weighted by atomic mass is 79.9. The van der Waals surface area contributed by atoms with Crippen LogP contribution in [0.1, 0.15) is 16.8 Å². The van der Waals surface area contributed by atoms with E-state index in [2.05, 4.69) is 55.5 Å². The molecule has 20 heavy (non-hydrogen) atoms. The van der Waals surface area contributed by atoms with E-state index in [1.54, 1.807) is 0 Å². The summed E-state index contributed by atoms with van der Waals surface area (Å²) in [6.07, 6.45) is 1.92. The van der Waals surface area contributed by atoms with Gasteiger partial charge in [0.1, 0.15) is 12.4 Å². The molecule has 0 amide bonds. The van der Waals surface area contributed by atoms with Gasteiger partial charge in [-0.1, -0.05) is 17.7 Å². The van der Waals surface area contributed by atoms with Crippen molar-refractivity contribution in [3.05, 3.63) is 46.0 Å². The van der Waals surface area contributed by atoms with Gasteiger partial charge in [-0.15, -0.1) is 0 Å². The van der Waals surface area contributed by atoms with Crippen molar-refractivity contribution in [2.24, 2.45) is 7.05 Å². The summed E-state index contributed by atoms with van der Waals surface area (Å²) >= 11 is 3.44. The molecule has 0 atom stereocenters. The van der Waals surface area contributed by atoms with Crippen molar-refractivity contribution in [2.45, 2.75) is 20.0 Å². The first-order valence-corrected chi connectivity index (χ1v) is 7.53. The van der Waals surface area contributed by atoms with Crippen LogP contribution in [0.15, 0.2) is 29.1 Å². The molecule has 0 unspecified atom stereocenters. The van der Waals surface area contributed by atoms with E-state index in [0.717, 1.165) is 36.7 Å². The highest BCUT2D eigenvalue weighted by Gasteiger charge is 2.17. The van der Waals surface area contributed by atoms with E-state index < -0.39 is 0 Å². The highest BCUT2D eigenvalue weighted by molar-refractivity contribution is 9.10. The van der Waals surface area contributed by atoms with Crippen molar-refractivity contribution in [3.63, 3.8) is 0 Å². The van der Waals surface area contributed by atoms with Crippen LogP contribution in [-0.2, 0) is 20.1 Å². The molecule has 3 rings (SSSR count). The molecule has 0 aliphatic carbocycles. The zero-order chi connectivity index (χ0) is 14.1. The Labute approximate surface area is 127 Å². The van der Waals surface area contributed by atoms with Crippen LogP contribution in [0.4, 0.5) is 0 Å². The van der Waals surface area contributed by atoms with Crippen LogP contribution in [0.3, 0.4) is 0 Å². The van der Waals surface area contributed by atoms with Gasteiger partial charge >= 0.3 is 0 Å². The fourth-order valence-corrected chi connectivity index (χ4v) is 2.84. The van der Waals surface area contributed by atoms with Crippen molar-refractivity contribution in [1.29, 1.82) is 0 Å². The number of benzene rings is 1. The Balaban J connectivity index is 1.80. The standard InChI is InChI=1S/C15H18BrN3O/c1-11-3-4-14-12(7-11)9-19(5-6-20-14)10-13-8-17-15(16)18(13)2/h3-4,7-8H,5-6,9-10H2,1-2H3. The summed E-state index contributed by atoms with van der Waals surface area (Å²) in [5.74, 6) is 1.02. The summed E-state index contributed by atoms with van der Waals surface area (Å²) in [6, 6.07) is 6.40. The van der Waals surface area contributed by atoms with E-state index in [4.69, 9.17) is 4.74 Å². The number of hydrogen-bond acceptors (Lipinski definition) is 3. The van der Waals surface area contributed by atoms with Gasteiger partial charge in [-0.05, 0) is 28.9 Å². The van der Waals surface area contributed by atoms with Gasteiger partial charge in [0.25, 0.3) is 0 Å². The second-order valence-electron chi connectivity index (χ2n) is 5.25. The SMILES string of the molecule is Cc1ccc2c(c1)CN(Cc1cnc(Br)n1C)CCO2. The van der Waals surface area contributed by atoms with Crippen LogP contribution < -0.4 is 4.74 Å². The summed E-state index contributed by atoms with van der Waals surface area (Å²) in [7, 11) is 2.03. The first-order chi connectivity index (χ1) is 9.63. The summed E-state index contributed by atoms with van der Waals surface area (Å²) < 4.78 is 8.78. The molecular formula is C15H18BrN3O. The molecule has 1 aliphatic heterocycles. The van der Waals surface area contributed by atoms with Gasteiger partial charge in [0.2, 0.25) is 0 Å². The lowest BCUT2D eigenvalue weighted by Gasteiger charge is -2.19. The maximum absolute atomic E-state index is 5.83. The monoisotopic (exact) mass is 335 g/mol. The van der Waals surface area contributed by atoms with Gasteiger partial charge < -0.3 is 9.30 Å². The molecule has 0 radical (unpaired) electrons. The summed E-state index contributed by atoms with van der Waals surface area (Å²) in [5.41, 5.74) is 3.74. The predicted octanol–water partition coefficient (Wildman–Crippen LogP) is 2.89. The van der Waals surface area contributed by atoms with E-state index in [9.17, 15) is 0 Å². The number of rotatable bonds is 2. The Hall–Kier alpha value is -1.33. The smallest absolute Gasteiger partial charge is 0.177 e. The van der Waals surface area contributed by atoms with Crippen LogP contribution in [-0.4, -0.2) is 27.6 Å². The van der Waals surface area contributed by atoms with Crippen molar-refractivity contribution >= 4 is 15.9 Å². The van der Waals surface area contributed by atoms with E-state index >= 15 is 0 Å². The molecule has 4 nitrogen and oxygen atoms in total. The molecule has 0 fully saturated rings. The van der Waals surface area contributed by atoms with Gasteiger partial charge in [0.05, 0.1) is 11.9 Å². The average molecular weight is 336 g/mol. The molecule has 1 aromatic carbocycles. The van der Waals surface area contributed by atoms with Gasteiger partial charge in [-0.25, -0.2) is 4.98 Å². The number of hydrogen-bond donors (Lipinski definition) is 0.